The first-order valence-corrected chi connectivity index (χ1v) is 22.2. The van der Waals surface area contributed by atoms with Crippen LogP contribution in [0, 0.1) is 46.8 Å². The van der Waals surface area contributed by atoms with Crippen LogP contribution in [0.4, 0.5) is 0 Å². The highest BCUT2D eigenvalue weighted by atomic mass is 15.0. The lowest BCUT2D eigenvalue weighted by Gasteiger charge is -2.50. The summed E-state index contributed by atoms with van der Waals surface area (Å²) in [4.78, 5) is 15.6. The highest BCUT2D eigenvalue weighted by Gasteiger charge is 2.46. The zero-order valence-electron chi connectivity index (χ0n) is 34.7. The van der Waals surface area contributed by atoms with Gasteiger partial charge in [0, 0.05) is 16.7 Å². The maximum atomic E-state index is 9.36. The van der Waals surface area contributed by atoms with E-state index in [2.05, 4.69) is 125 Å². The van der Waals surface area contributed by atoms with Crippen LogP contribution in [-0.4, -0.2) is 15.0 Å². The minimum Gasteiger partial charge on any atom is -0.208 e. The molecule has 4 aliphatic rings. The van der Waals surface area contributed by atoms with Crippen LogP contribution in [0.25, 0.3) is 56.1 Å². The van der Waals surface area contributed by atoms with Crippen molar-refractivity contribution in [3.63, 3.8) is 0 Å². The van der Waals surface area contributed by atoms with Gasteiger partial charge in [0.05, 0.1) is 11.6 Å². The lowest BCUT2D eigenvalue weighted by Crippen LogP contribution is -2.42. The second-order valence-corrected chi connectivity index (χ2v) is 19.8. The minimum atomic E-state index is 0.286. The van der Waals surface area contributed by atoms with Crippen LogP contribution in [0.3, 0.4) is 0 Å². The zero-order valence-corrected chi connectivity index (χ0v) is 34.7. The first kappa shape index (κ1) is 37.2. The predicted molar refractivity (Wildman–Crippen MR) is 237 cm³/mol. The molecule has 4 aliphatic carbocycles. The number of nitriles is 1. The molecule has 0 aliphatic heterocycles. The largest absolute Gasteiger partial charge is 0.208 e. The summed E-state index contributed by atoms with van der Waals surface area (Å²) in [5.41, 5.74) is 9.55. The second-order valence-electron chi connectivity index (χ2n) is 19.8. The third-order valence-electron chi connectivity index (χ3n) is 14.9. The number of aromatic nitrogens is 3. The minimum absolute atomic E-state index is 0.286. The topological polar surface area (TPSA) is 62.5 Å². The fourth-order valence-electron chi connectivity index (χ4n) is 13.1. The molecule has 4 unspecified atom stereocenters. The first-order chi connectivity index (χ1) is 28.1. The maximum absolute atomic E-state index is 9.36. The average molecular weight is 761 g/mol. The van der Waals surface area contributed by atoms with Crippen LogP contribution in [0.15, 0.2) is 109 Å². The molecule has 0 saturated heterocycles. The summed E-state index contributed by atoms with van der Waals surface area (Å²) in [6, 6.07) is 41.8. The Morgan fingerprint density at radius 1 is 0.431 bits per heavy atom. The summed E-state index contributed by atoms with van der Waals surface area (Å²) < 4.78 is 0. The summed E-state index contributed by atoms with van der Waals surface area (Å²) in [5.74, 6) is 6.94. The van der Waals surface area contributed by atoms with E-state index < -0.39 is 0 Å². The van der Waals surface area contributed by atoms with Crippen molar-refractivity contribution in [3.05, 3.63) is 126 Å². The molecule has 4 bridgehead atoms. The van der Waals surface area contributed by atoms with Crippen LogP contribution >= 0.6 is 0 Å². The van der Waals surface area contributed by atoms with E-state index in [1.807, 2.05) is 18.2 Å². The van der Waals surface area contributed by atoms with E-state index in [1.54, 1.807) is 0 Å². The van der Waals surface area contributed by atoms with Crippen LogP contribution in [0.1, 0.15) is 109 Å². The molecule has 1 heterocycles. The number of benzene rings is 5. The van der Waals surface area contributed by atoms with Crippen molar-refractivity contribution in [2.24, 2.45) is 35.5 Å². The number of hydrogen-bond acceptors (Lipinski definition) is 4. The number of hydrogen-bond donors (Lipinski definition) is 0. The van der Waals surface area contributed by atoms with Crippen LogP contribution in [0.5, 0.6) is 0 Å². The zero-order chi connectivity index (χ0) is 39.6. The van der Waals surface area contributed by atoms with E-state index in [1.165, 1.54) is 75.3 Å². The SMILES string of the molecule is C[C@@H]1CC2C[C@H](C)CC(c3ccc(-c4nc(-c5ccc(-c6ccc7cc(C#N)ccc7c6)cc5)nc(-c5ccc(C67CC(C[C@@H](C)C6)C[C@H](C)C7)cc5)n4)cc3)(C2)C1. The molecule has 10 rings (SSSR count). The Balaban J connectivity index is 1.01. The van der Waals surface area contributed by atoms with Gasteiger partial charge in [-0.3, -0.25) is 0 Å². The molecule has 292 valence electrons. The van der Waals surface area contributed by atoms with Gasteiger partial charge in [-0.25, -0.2) is 15.0 Å². The van der Waals surface area contributed by atoms with Gasteiger partial charge >= 0.3 is 0 Å². The van der Waals surface area contributed by atoms with Gasteiger partial charge in [0.15, 0.2) is 17.5 Å². The van der Waals surface area contributed by atoms with Crippen molar-refractivity contribution in [1.29, 1.82) is 5.26 Å². The van der Waals surface area contributed by atoms with Crippen molar-refractivity contribution >= 4 is 10.8 Å². The molecule has 4 fully saturated rings. The van der Waals surface area contributed by atoms with E-state index in [4.69, 9.17) is 15.0 Å². The van der Waals surface area contributed by atoms with Gasteiger partial charge in [-0.2, -0.15) is 5.26 Å². The molecule has 4 heteroatoms. The Morgan fingerprint density at radius 2 is 0.793 bits per heavy atom. The highest BCUT2D eigenvalue weighted by Crippen LogP contribution is 2.55. The monoisotopic (exact) mass is 760 g/mol. The molecular weight excluding hydrogens is 705 g/mol. The summed E-state index contributed by atoms with van der Waals surface area (Å²) in [6.45, 7) is 9.86. The van der Waals surface area contributed by atoms with Gasteiger partial charge in [-0.05, 0) is 162 Å². The lowest BCUT2D eigenvalue weighted by atomic mass is 9.54. The van der Waals surface area contributed by atoms with Crippen molar-refractivity contribution in [1.82, 2.24) is 15.0 Å². The third kappa shape index (κ3) is 6.95. The Bertz CT molecular complexity index is 2370. The van der Waals surface area contributed by atoms with Crippen molar-refractivity contribution < 1.29 is 0 Å². The molecular formula is C54H56N4. The highest BCUT2D eigenvalue weighted by molar-refractivity contribution is 5.88. The third-order valence-corrected chi connectivity index (χ3v) is 14.9. The molecule has 6 aromatic rings. The molecule has 1 aromatic heterocycles. The van der Waals surface area contributed by atoms with E-state index >= 15 is 0 Å². The summed E-state index contributed by atoms with van der Waals surface area (Å²) in [7, 11) is 0. The normalized spacial score (nSPS) is 29.2. The molecule has 5 aromatic carbocycles. The molecule has 0 radical (unpaired) electrons. The molecule has 4 nitrogen and oxygen atoms in total. The summed E-state index contributed by atoms with van der Waals surface area (Å²) in [5, 5.41) is 11.5. The summed E-state index contributed by atoms with van der Waals surface area (Å²) >= 11 is 0. The van der Waals surface area contributed by atoms with E-state index in [0.717, 1.165) is 85.7 Å². The number of nitrogens with zero attached hydrogens (tertiary/aromatic N) is 4. The molecule has 4 saturated carbocycles. The van der Waals surface area contributed by atoms with Gasteiger partial charge in [-0.1, -0.05) is 119 Å². The van der Waals surface area contributed by atoms with E-state index in [-0.39, 0.29) is 10.8 Å². The van der Waals surface area contributed by atoms with Crippen LogP contribution in [0.2, 0.25) is 0 Å². The van der Waals surface area contributed by atoms with Crippen molar-refractivity contribution in [2.75, 3.05) is 0 Å². The standard InChI is InChI=1S/C54H56N4/c1-34-21-39-22-35(2)28-53(27-34,31-39)48-17-13-43(14-18-48)51-56-50(42-9-7-41(8-10-42)46-12-11-45-25-38(33-55)5-6-47(45)26-46)57-52(58-51)44-15-19-49(20-16-44)54-29-36(3)23-40(32-54)24-37(4)30-54/h5-20,25-26,34-37,39-40H,21-24,27-32H2,1-4H3/t34-,35+,36-,37+,39?,40?,53?,54?. The number of rotatable bonds is 6. The van der Waals surface area contributed by atoms with Gasteiger partial charge in [0.25, 0.3) is 0 Å². The van der Waals surface area contributed by atoms with Crippen molar-refractivity contribution in [2.45, 2.75) is 103 Å². The van der Waals surface area contributed by atoms with Crippen molar-refractivity contribution in [3.8, 4) is 51.4 Å². The Hall–Kier alpha value is -5.14. The van der Waals surface area contributed by atoms with Gasteiger partial charge < -0.3 is 0 Å². The van der Waals surface area contributed by atoms with Gasteiger partial charge in [0.1, 0.15) is 0 Å². The fourth-order valence-corrected chi connectivity index (χ4v) is 13.1. The maximum Gasteiger partial charge on any atom is 0.164 e. The average Bonchev–Trinajstić information content (AvgIpc) is 3.22. The second kappa shape index (κ2) is 14.6. The first-order valence-electron chi connectivity index (χ1n) is 22.2. The molecule has 8 atom stereocenters. The molecule has 0 spiro atoms. The van der Waals surface area contributed by atoms with Gasteiger partial charge in [-0.15, -0.1) is 0 Å². The molecule has 58 heavy (non-hydrogen) atoms. The van der Waals surface area contributed by atoms with Gasteiger partial charge in [0.2, 0.25) is 0 Å². The fraction of sp³-hybridized carbons (Fsp3) is 0.407. The number of fused-ring (bicyclic) bond motifs is 5. The smallest absolute Gasteiger partial charge is 0.164 e. The summed E-state index contributed by atoms with van der Waals surface area (Å²) in [6.07, 6.45) is 13.4. The van der Waals surface area contributed by atoms with E-state index in [9.17, 15) is 5.26 Å². The predicted octanol–water partition coefficient (Wildman–Crippen LogP) is 13.8. The van der Waals surface area contributed by atoms with Crippen LogP contribution in [-0.2, 0) is 10.8 Å². The quantitative estimate of drug-likeness (QED) is 0.170. The Labute approximate surface area is 345 Å². The lowest BCUT2D eigenvalue weighted by molar-refractivity contribution is 0.0779. The molecule has 0 N–H and O–H groups in total. The Morgan fingerprint density at radius 3 is 1.22 bits per heavy atom. The molecule has 0 amide bonds. The Kier molecular flexibility index (Phi) is 9.35. The van der Waals surface area contributed by atoms with E-state index in [0.29, 0.717) is 11.4 Å². The van der Waals surface area contributed by atoms with Crippen LogP contribution < -0.4 is 0 Å².